The van der Waals surface area contributed by atoms with E-state index in [4.69, 9.17) is 4.84 Å². The molecule has 0 saturated carbocycles. The molecule has 0 bridgehead atoms. The molecule has 1 aliphatic rings. The number of hydrogen-bond donors (Lipinski definition) is 0. The summed E-state index contributed by atoms with van der Waals surface area (Å²) in [6.45, 7) is 7.56. The third kappa shape index (κ3) is 5.40. The minimum absolute atomic E-state index is 0.543. The van der Waals surface area contributed by atoms with E-state index in [0.29, 0.717) is 12.0 Å². The molecule has 0 atom stereocenters. The summed E-state index contributed by atoms with van der Waals surface area (Å²) in [6.07, 6.45) is 10.9. The first kappa shape index (κ1) is 17.5. The van der Waals surface area contributed by atoms with E-state index in [1.165, 1.54) is 56.9 Å². The van der Waals surface area contributed by atoms with Crippen molar-refractivity contribution in [1.82, 2.24) is 5.06 Å². The van der Waals surface area contributed by atoms with Gasteiger partial charge in [0.1, 0.15) is 0 Å². The van der Waals surface area contributed by atoms with Crippen LogP contribution in [0.1, 0.15) is 70.8 Å². The average molecular weight is 303 g/mol. The van der Waals surface area contributed by atoms with Crippen LogP contribution in [0.4, 0.5) is 0 Å². The van der Waals surface area contributed by atoms with Gasteiger partial charge in [-0.15, -0.1) is 0 Å². The van der Waals surface area contributed by atoms with E-state index in [9.17, 15) is 0 Å². The zero-order valence-electron chi connectivity index (χ0n) is 14.5. The summed E-state index contributed by atoms with van der Waals surface area (Å²) in [6, 6.07) is 10.5. The normalized spacial score (nSPS) is 17.4. The van der Waals surface area contributed by atoms with E-state index in [0.717, 1.165) is 13.1 Å². The number of hydroxylamine groups is 2. The second-order valence-electron chi connectivity index (χ2n) is 6.97. The van der Waals surface area contributed by atoms with Crippen LogP contribution in [-0.2, 0) is 11.4 Å². The predicted molar refractivity (Wildman–Crippen MR) is 93.5 cm³/mol. The van der Waals surface area contributed by atoms with Gasteiger partial charge in [-0.3, -0.25) is 4.84 Å². The van der Waals surface area contributed by atoms with Crippen LogP contribution < -0.4 is 0 Å². The molecule has 0 unspecified atom stereocenters. The van der Waals surface area contributed by atoms with Gasteiger partial charge in [-0.2, -0.15) is 5.06 Å². The lowest BCUT2D eigenvalue weighted by Gasteiger charge is -2.49. The van der Waals surface area contributed by atoms with E-state index < -0.39 is 0 Å². The lowest BCUT2D eigenvalue weighted by molar-refractivity contribution is -0.261. The molecule has 1 aliphatic heterocycles. The van der Waals surface area contributed by atoms with Crippen molar-refractivity contribution in [1.29, 1.82) is 0 Å². The number of unbranched alkanes of at least 4 members (excludes halogenated alkanes) is 4. The van der Waals surface area contributed by atoms with Gasteiger partial charge in [0.15, 0.2) is 0 Å². The third-order valence-electron chi connectivity index (χ3n) is 4.90. The van der Waals surface area contributed by atoms with Crippen molar-refractivity contribution < 1.29 is 4.84 Å². The summed E-state index contributed by atoms with van der Waals surface area (Å²) >= 11 is 0. The zero-order valence-corrected chi connectivity index (χ0v) is 14.5. The maximum absolute atomic E-state index is 5.97. The molecule has 22 heavy (non-hydrogen) atoms. The molecule has 0 N–H and O–H groups in total. The van der Waals surface area contributed by atoms with Gasteiger partial charge in [0, 0.05) is 18.5 Å². The van der Waals surface area contributed by atoms with Crippen molar-refractivity contribution in [3.05, 3.63) is 35.9 Å². The average Bonchev–Trinajstić information content (AvgIpc) is 2.51. The molecule has 0 amide bonds. The van der Waals surface area contributed by atoms with Gasteiger partial charge >= 0.3 is 0 Å². The number of rotatable bonds is 11. The zero-order chi connectivity index (χ0) is 15.7. The van der Waals surface area contributed by atoms with Crippen LogP contribution in [0.3, 0.4) is 0 Å². The minimum Gasteiger partial charge on any atom is -0.294 e. The molecule has 2 nitrogen and oxygen atoms in total. The summed E-state index contributed by atoms with van der Waals surface area (Å²) in [7, 11) is 0. The van der Waals surface area contributed by atoms with Gasteiger partial charge in [0.05, 0.1) is 6.61 Å². The Morgan fingerprint density at radius 1 is 0.909 bits per heavy atom. The maximum atomic E-state index is 5.97. The molecular weight excluding hydrogens is 270 g/mol. The summed E-state index contributed by atoms with van der Waals surface area (Å²) in [5, 5.41) is 2.19. The molecule has 0 radical (unpaired) electrons. The number of nitrogens with zero attached hydrogens (tertiary/aromatic N) is 1. The molecule has 1 fully saturated rings. The Kier molecular flexibility index (Phi) is 7.41. The van der Waals surface area contributed by atoms with E-state index in [-0.39, 0.29) is 0 Å². The topological polar surface area (TPSA) is 12.5 Å². The Labute approximate surface area is 136 Å². The highest BCUT2D eigenvalue weighted by Gasteiger charge is 2.42. The minimum atomic E-state index is 0.543. The van der Waals surface area contributed by atoms with Crippen molar-refractivity contribution in [2.45, 2.75) is 71.8 Å². The Morgan fingerprint density at radius 2 is 1.50 bits per heavy atom. The first-order chi connectivity index (χ1) is 10.8. The molecule has 1 saturated heterocycles. The molecule has 0 aromatic heterocycles. The van der Waals surface area contributed by atoms with Crippen LogP contribution >= 0.6 is 0 Å². The van der Waals surface area contributed by atoms with E-state index in [1.807, 2.05) is 0 Å². The lowest BCUT2D eigenvalue weighted by Crippen LogP contribution is -2.55. The summed E-state index contributed by atoms with van der Waals surface area (Å²) in [4.78, 5) is 5.97. The molecule has 124 valence electrons. The standard InChI is InChI=1S/C20H33NO/c1-3-5-10-14-20(15-11-6-4-2)17-21(18-20)22-16-19-12-8-7-9-13-19/h7-9,12-13H,3-6,10-11,14-18H2,1-2H3. The highest BCUT2D eigenvalue weighted by atomic mass is 16.7. The van der Waals surface area contributed by atoms with Crippen LogP contribution in [0.2, 0.25) is 0 Å². The van der Waals surface area contributed by atoms with Gasteiger partial charge in [-0.1, -0.05) is 82.7 Å². The first-order valence-electron chi connectivity index (χ1n) is 9.20. The van der Waals surface area contributed by atoms with Crippen LogP contribution in [0, 0.1) is 5.41 Å². The predicted octanol–water partition coefficient (Wildman–Crippen LogP) is 5.58. The van der Waals surface area contributed by atoms with E-state index >= 15 is 0 Å². The molecule has 1 heterocycles. The summed E-state index contributed by atoms with van der Waals surface area (Å²) in [5.41, 5.74) is 1.80. The van der Waals surface area contributed by atoms with Gasteiger partial charge in [-0.25, -0.2) is 0 Å². The fraction of sp³-hybridized carbons (Fsp3) is 0.700. The highest BCUT2D eigenvalue weighted by molar-refractivity contribution is 5.13. The van der Waals surface area contributed by atoms with Crippen molar-refractivity contribution in [3.63, 3.8) is 0 Å². The van der Waals surface area contributed by atoms with E-state index in [2.05, 4.69) is 49.2 Å². The second kappa shape index (κ2) is 9.32. The molecule has 1 aromatic rings. The Hall–Kier alpha value is -0.860. The summed E-state index contributed by atoms with van der Waals surface area (Å²) < 4.78 is 0. The monoisotopic (exact) mass is 303 g/mol. The van der Waals surface area contributed by atoms with Gasteiger partial charge in [0.25, 0.3) is 0 Å². The molecule has 2 rings (SSSR count). The van der Waals surface area contributed by atoms with Crippen molar-refractivity contribution in [3.8, 4) is 0 Å². The Balaban J connectivity index is 1.73. The van der Waals surface area contributed by atoms with E-state index in [1.54, 1.807) is 0 Å². The van der Waals surface area contributed by atoms with Gasteiger partial charge in [0.2, 0.25) is 0 Å². The first-order valence-corrected chi connectivity index (χ1v) is 9.20. The highest BCUT2D eigenvalue weighted by Crippen LogP contribution is 2.40. The fourth-order valence-electron chi connectivity index (χ4n) is 3.47. The quantitative estimate of drug-likeness (QED) is 0.495. The lowest BCUT2D eigenvalue weighted by atomic mass is 9.73. The molecule has 0 aliphatic carbocycles. The van der Waals surface area contributed by atoms with Crippen molar-refractivity contribution in [2.24, 2.45) is 5.41 Å². The Morgan fingerprint density at radius 3 is 2.05 bits per heavy atom. The molecule has 2 heteroatoms. The largest absolute Gasteiger partial charge is 0.294 e. The summed E-state index contributed by atoms with van der Waals surface area (Å²) in [5.74, 6) is 0. The van der Waals surface area contributed by atoms with Crippen LogP contribution in [0.15, 0.2) is 30.3 Å². The van der Waals surface area contributed by atoms with Crippen LogP contribution in [-0.4, -0.2) is 18.2 Å². The molecular formula is C20H33NO. The number of benzene rings is 1. The fourth-order valence-corrected chi connectivity index (χ4v) is 3.47. The number of hydrogen-bond acceptors (Lipinski definition) is 2. The van der Waals surface area contributed by atoms with Crippen LogP contribution in [0.5, 0.6) is 0 Å². The van der Waals surface area contributed by atoms with Crippen molar-refractivity contribution in [2.75, 3.05) is 13.1 Å². The molecule has 1 aromatic carbocycles. The van der Waals surface area contributed by atoms with Crippen molar-refractivity contribution >= 4 is 0 Å². The van der Waals surface area contributed by atoms with Gasteiger partial charge < -0.3 is 0 Å². The molecule has 0 spiro atoms. The van der Waals surface area contributed by atoms with Crippen LogP contribution in [0.25, 0.3) is 0 Å². The maximum Gasteiger partial charge on any atom is 0.0935 e. The SMILES string of the molecule is CCCCCC1(CCCCC)CN(OCc2ccccc2)C1. The van der Waals surface area contributed by atoms with Gasteiger partial charge in [-0.05, 0) is 18.4 Å². The second-order valence-corrected chi connectivity index (χ2v) is 6.97. The third-order valence-corrected chi connectivity index (χ3v) is 4.90. The smallest absolute Gasteiger partial charge is 0.0935 e. The Bertz CT molecular complexity index is 385.